The fourth-order valence-corrected chi connectivity index (χ4v) is 1.85. The van der Waals surface area contributed by atoms with Gasteiger partial charge < -0.3 is 14.6 Å². The van der Waals surface area contributed by atoms with Crippen LogP contribution in [0.1, 0.15) is 12.5 Å². The van der Waals surface area contributed by atoms with Crippen LogP contribution in [0.25, 0.3) is 0 Å². The fraction of sp³-hybridized carbons (Fsp3) is 0.176. The summed E-state index contributed by atoms with van der Waals surface area (Å²) in [6.45, 7) is 1.42. The Bertz CT molecular complexity index is 730. The quantitative estimate of drug-likeness (QED) is 0.829. The second-order valence-corrected chi connectivity index (χ2v) is 4.72. The number of para-hydroxylation sites is 1. The molecular formula is C17H16FNO4. The van der Waals surface area contributed by atoms with Gasteiger partial charge in [0.15, 0.2) is 17.6 Å². The Morgan fingerprint density at radius 2 is 2.04 bits per heavy atom. The molecule has 0 amide bonds. The minimum absolute atomic E-state index is 0.269. The van der Waals surface area contributed by atoms with E-state index in [-0.39, 0.29) is 11.6 Å². The van der Waals surface area contributed by atoms with Crippen LogP contribution in [-0.4, -0.2) is 30.5 Å². The van der Waals surface area contributed by atoms with Gasteiger partial charge in [0.2, 0.25) is 0 Å². The molecule has 0 aliphatic carbocycles. The van der Waals surface area contributed by atoms with E-state index in [4.69, 9.17) is 14.6 Å². The first kappa shape index (κ1) is 16.5. The highest BCUT2D eigenvalue weighted by atomic mass is 19.1. The highest BCUT2D eigenvalue weighted by molar-refractivity contribution is 5.87. The summed E-state index contributed by atoms with van der Waals surface area (Å²) in [5.74, 6) is -0.823. The number of aliphatic carboxylic acids is 1. The molecule has 0 spiro atoms. The molecule has 120 valence electrons. The van der Waals surface area contributed by atoms with Crippen LogP contribution in [0.2, 0.25) is 0 Å². The number of hydrogen-bond acceptors (Lipinski definition) is 4. The van der Waals surface area contributed by atoms with Crippen LogP contribution in [0, 0.1) is 5.82 Å². The monoisotopic (exact) mass is 317 g/mol. The largest absolute Gasteiger partial charge is 0.493 e. The average Bonchev–Trinajstić information content (AvgIpc) is 2.53. The number of ether oxygens (including phenoxy) is 2. The van der Waals surface area contributed by atoms with Crippen LogP contribution >= 0.6 is 0 Å². The Kier molecular flexibility index (Phi) is 5.30. The molecule has 2 rings (SSSR count). The van der Waals surface area contributed by atoms with E-state index in [2.05, 4.69) is 4.99 Å². The number of nitrogens with zero attached hydrogens (tertiary/aromatic N) is 1. The zero-order valence-corrected chi connectivity index (χ0v) is 12.7. The normalized spacial score (nSPS) is 12.1. The highest BCUT2D eigenvalue weighted by Crippen LogP contribution is 2.31. The van der Waals surface area contributed by atoms with Gasteiger partial charge in [-0.3, -0.25) is 4.99 Å². The maximum atomic E-state index is 13.2. The van der Waals surface area contributed by atoms with Crippen LogP contribution in [0.15, 0.2) is 47.5 Å². The van der Waals surface area contributed by atoms with Crippen LogP contribution in [-0.2, 0) is 4.79 Å². The third-order valence-corrected chi connectivity index (χ3v) is 3.03. The Balaban J connectivity index is 2.35. The number of aliphatic imine (C=N–C) groups is 1. The van der Waals surface area contributed by atoms with E-state index < -0.39 is 12.1 Å². The Morgan fingerprint density at radius 1 is 1.30 bits per heavy atom. The van der Waals surface area contributed by atoms with Crippen molar-refractivity contribution in [2.24, 2.45) is 4.99 Å². The van der Waals surface area contributed by atoms with Crippen molar-refractivity contribution < 1.29 is 23.8 Å². The number of methoxy groups -OCH3 is 1. The minimum Gasteiger partial charge on any atom is -0.493 e. The second kappa shape index (κ2) is 7.40. The van der Waals surface area contributed by atoms with Crippen molar-refractivity contribution in [3.05, 3.63) is 53.8 Å². The lowest BCUT2D eigenvalue weighted by Crippen LogP contribution is -2.23. The predicted octanol–water partition coefficient (Wildman–Crippen LogP) is 3.44. The van der Waals surface area contributed by atoms with Gasteiger partial charge in [0, 0.05) is 11.8 Å². The molecule has 0 aromatic heterocycles. The maximum Gasteiger partial charge on any atom is 0.344 e. The maximum absolute atomic E-state index is 13.2. The molecule has 0 radical (unpaired) electrons. The first-order valence-corrected chi connectivity index (χ1v) is 6.87. The summed E-state index contributed by atoms with van der Waals surface area (Å²) < 4.78 is 23.8. The lowest BCUT2D eigenvalue weighted by molar-refractivity contribution is -0.144. The van der Waals surface area contributed by atoms with Crippen LogP contribution in [0.4, 0.5) is 10.1 Å². The molecule has 0 heterocycles. The summed E-state index contributed by atoms with van der Waals surface area (Å²) in [5, 5.41) is 9.00. The molecule has 0 fully saturated rings. The number of halogens is 1. The third kappa shape index (κ3) is 4.29. The fourth-order valence-electron chi connectivity index (χ4n) is 1.85. The lowest BCUT2D eigenvalue weighted by atomic mass is 10.2. The van der Waals surface area contributed by atoms with Crippen LogP contribution < -0.4 is 9.47 Å². The van der Waals surface area contributed by atoms with Crippen molar-refractivity contribution in [2.75, 3.05) is 7.11 Å². The van der Waals surface area contributed by atoms with Gasteiger partial charge in [-0.1, -0.05) is 12.1 Å². The van der Waals surface area contributed by atoms with Crippen molar-refractivity contribution in [1.29, 1.82) is 0 Å². The molecule has 2 aromatic rings. The van der Waals surface area contributed by atoms with Gasteiger partial charge >= 0.3 is 5.97 Å². The first-order chi connectivity index (χ1) is 11.0. The summed E-state index contributed by atoms with van der Waals surface area (Å²) in [6.07, 6.45) is 0.425. The summed E-state index contributed by atoms with van der Waals surface area (Å²) in [5.41, 5.74) is 0.965. The SMILES string of the molecule is COc1cccc(C=Nc2cccc(F)c2)c1O[C@H](C)C(=O)O. The number of carboxylic acid groups (broad SMARTS) is 1. The van der Waals surface area contributed by atoms with E-state index in [1.807, 2.05) is 0 Å². The zero-order valence-electron chi connectivity index (χ0n) is 12.7. The van der Waals surface area contributed by atoms with Gasteiger partial charge in [0.25, 0.3) is 0 Å². The van der Waals surface area contributed by atoms with E-state index in [1.54, 1.807) is 30.3 Å². The topological polar surface area (TPSA) is 68.1 Å². The van der Waals surface area contributed by atoms with Crippen molar-refractivity contribution in [1.82, 2.24) is 0 Å². The molecule has 0 saturated heterocycles. The van der Waals surface area contributed by atoms with Crippen LogP contribution in [0.3, 0.4) is 0 Å². The summed E-state index contributed by atoms with van der Waals surface area (Å²) in [7, 11) is 1.46. The molecule has 0 unspecified atom stereocenters. The molecule has 0 aliphatic rings. The number of carboxylic acids is 1. The third-order valence-electron chi connectivity index (χ3n) is 3.03. The Hall–Kier alpha value is -2.89. The highest BCUT2D eigenvalue weighted by Gasteiger charge is 2.17. The average molecular weight is 317 g/mol. The summed E-state index contributed by atoms with van der Waals surface area (Å²) in [4.78, 5) is 15.2. The number of hydrogen-bond donors (Lipinski definition) is 1. The van der Waals surface area contributed by atoms with E-state index in [0.29, 0.717) is 17.0 Å². The van der Waals surface area contributed by atoms with Gasteiger partial charge in [-0.15, -0.1) is 0 Å². The molecule has 1 atom stereocenters. The number of carbonyl (C=O) groups is 1. The summed E-state index contributed by atoms with van der Waals surface area (Å²) >= 11 is 0. The van der Waals surface area contributed by atoms with Gasteiger partial charge in [-0.05, 0) is 37.3 Å². The van der Waals surface area contributed by atoms with Gasteiger partial charge in [-0.25, -0.2) is 9.18 Å². The predicted molar refractivity (Wildman–Crippen MR) is 84.4 cm³/mol. The molecule has 0 saturated carbocycles. The number of benzene rings is 2. The minimum atomic E-state index is -1.09. The van der Waals surface area contributed by atoms with E-state index in [9.17, 15) is 9.18 Å². The molecule has 23 heavy (non-hydrogen) atoms. The zero-order chi connectivity index (χ0) is 16.8. The summed E-state index contributed by atoms with van der Waals surface area (Å²) in [6, 6.07) is 10.9. The molecule has 0 aliphatic heterocycles. The van der Waals surface area contributed by atoms with E-state index in [0.717, 1.165) is 0 Å². The van der Waals surface area contributed by atoms with Gasteiger partial charge in [-0.2, -0.15) is 0 Å². The van der Waals surface area contributed by atoms with Crippen molar-refractivity contribution >= 4 is 17.9 Å². The van der Waals surface area contributed by atoms with Crippen LogP contribution in [0.5, 0.6) is 11.5 Å². The first-order valence-electron chi connectivity index (χ1n) is 6.87. The van der Waals surface area contributed by atoms with Crippen molar-refractivity contribution in [2.45, 2.75) is 13.0 Å². The van der Waals surface area contributed by atoms with E-state index in [1.165, 1.54) is 32.4 Å². The Labute approximate surface area is 133 Å². The van der Waals surface area contributed by atoms with Gasteiger partial charge in [0.1, 0.15) is 5.82 Å². The smallest absolute Gasteiger partial charge is 0.344 e. The molecule has 6 heteroatoms. The number of rotatable bonds is 6. The molecule has 2 aromatic carbocycles. The second-order valence-electron chi connectivity index (χ2n) is 4.72. The van der Waals surface area contributed by atoms with Gasteiger partial charge in [0.05, 0.1) is 12.8 Å². The van der Waals surface area contributed by atoms with E-state index >= 15 is 0 Å². The molecular weight excluding hydrogens is 301 g/mol. The Morgan fingerprint density at radius 3 is 2.70 bits per heavy atom. The van der Waals surface area contributed by atoms with Crippen molar-refractivity contribution in [3.8, 4) is 11.5 Å². The van der Waals surface area contributed by atoms with Crippen molar-refractivity contribution in [3.63, 3.8) is 0 Å². The standard InChI is InChI=1S/C17H16FNO4/c1-11(17(20)21)23-16-12(5-3-8-15(16)22-2)10-19-14-7-4-6-13(18)9-14/h3-11H,1-2H3,(H,20,21)/t11-/m1/s1. The molecule has 0 bridgehead atoms. The molecule has 1 N–H and O–H groups in total. The molecule has 5 nitrogen and oxygen atoms in total. The lowest BCUT2D eigenvalue weighted by Gasteiger charge is -2.15.